The molecule has 0 radical (unpaired) electrons. The van der Waals surface area contributed by atoms with Gasteiger partial charge < -0.3 is 9.32 Å². The van der Waals surface area contributed by atoms with Gasteiger partial charge in [-0.15, -0.1) is 5.10 Å². The highest BCUT2D eigenvalue weighted by molar-refractivity contribution is 5.93. The molecule has 1 aliphatic rings. The molecule has 1 saturated heterocycles. The van der Waals surface area contributed by atoms with Gasteiger partial charge in [-0.25, -0.2) is 4.68 Å². The molecule has 0 bridgehead atoms. The van der Waals surface area contributed by atoms with Crippen molar-refractivity contribution in [3.8, 4) is 0 Å². The first-order valence-corrected chi connectivity index (χ1v) is 7.90. The summed E-state index contributed by atoms with van der Waals surface area (Å²) in [5.74, 6) is -0.146. The predicted molar refractivity (Wildman–Crippen MR) is 86.7 cm³/mol. The van der Waals surface area contributed by atoms with Gasteiger partial charge in [-0.05, 0) is 25.0 Å². The van der Waals surface area contributed by atoms with E-state index in [0.717, 1.165) is 12.8 Å². The van der Waals surface area contributed by atoms with Crippen molar-refractivity contribution in [2.24, 2.45) is 0 Å². The van der Waals surface area contributed by atoms with Crippen LogP contribution < -0.4 is 5.43 Å². The number of aromatic nitrogens is 3. The average molecular weight is 324 g/mol. The van der Waals surface area contributed by atoms with Crippen molar-refractivity contribution in [1.82, 2.24) is 19.9 Å². The van der Waals surface area contributed by atoms with Gasteiger partial charge in [0.25, 0.3) is 5.91 Å². The van der Waals surface area contributed by atoms with E-state index in [1.807, 2.05) is 10.9 Å². The third kappa shape index (κ3) is 2.58. The number of hydrogen-bond acceptors (Lipinski definition) is 5. The number of rotatable bonds is 2. The van der Waals surface area contributed by atoms with E-state index in [4.69, 9.17) is 4.42 Å². The topological polar surface area (TPSA) is 81.2 Å². The molecule has 1 aliphatic heterocycles. The van der Waals surface area contributed by atoms with E-state index in [9.17, 15) is 9.59 Å². The molecule has 3 heterocycles. The molecule has 1 aromatic carbocycles. The highest BCUT2D eigenvalue weighted by atomic mass is 16.3. The molecule has 0 aliphatic carbocycles. The van der Waals surface area contributed by atoms with E-state index in [-0.39, 0.29) is 23.1 Å². The summed E-state index contributed by atoms with van der Waals surface area (Å²) in [5, 5.41) is 8.32. The van der Waals surface area contributed by atoms with E-state index in [2.05, 4.69) is 10.3 Å². The van der Waals surface area contributed by atoms with E-state index in [0.29, 0.717) is 24.1 Å². The number of piperidine rings is 1. The Hall–Kier alpha value is -2.96. The Balaban J connectivity index is 1.53. The maximum atomic E-state index is 12.6. The largest absolute Gasteiger partial charge is 0.451 e. The Morgan fingerprint density at radius 1 is 1.21 bits per heavy atom. The van der Waals surface area contributed by atoms with Crippen LogP contribution in [-0.2, 0) is 0 Å². The molecule has 0 spiro atoms. The summed E-state index contributed by atoms with van der Waals surface area (Å²) in [7, 11) is 0. The number of likely N-dealkylation sites (tertiary alicyclic amines) is 1. The zero-order valence-corrected chi connectivity index (χ0v) is 13.0. The number of hydrogen-bond donors (Lipinski definition) is 0. The van der Waals surface area contributed by atoms with Gasteiger partial charge >= 0.3 is 0 Å². The molecule has 7 heteroatoms. The maximum Gasteiger partial charge on any atom is 0.289 e. The van der Waals surface area contributed by atoms with E-state index >= 15 is 0 Å². The Morgan fingerprint density at radius 3 is 2.75 bits per heavy atom. The molecule has 0 N–H and O–H groups in total. The monoisotopic (exact) mass is 324 g/mol. The Bertz CT molecular complexity index is 924. The minimum absolute atomic E-state index is 0.0953. The van der Waals surface area contributed by atoms with Crippen molar-refractivity contribution in [1.29, 1.82) is 0 Å². The lowest BCUT2D eigenvalue weighted by Crippen LogP contribution is -2.39. The maximum absolute atomic E-state index is 12.6. The van der Waals surface area contributed by atoms with E-state index < -0.39 is 0 Å². The number of nitrogens with zero attached hydrogens (tertiary/aromatic N) is 4. The fraction of sp³-hybridized carbons (Fsp3) is 0.294. The normalized spacial score (nSPS) is 15.8. The number of amides is 1. The van der Waals surface area contributed by atoms with Crippen LogP contribution in [0.2, 0.25) is 0 Å². The molecule has 122 valence electrons. The van der Waals surface area contributed by atoms with Gasteiger partial charge in [0.05, 0.1) is 17.6 Å². The molecule has 1 amide bonds. The van der Waals surface area contributed by atoms with Crippen LogP contribution in [0.15, 0.2) is 51.9 Å². The summed E-state index contributed by atoms with van der Waals surface area (Å²) in [6.45, 7) is 1.19. The highest BCUT2D eigenvalue weighted by Crippen LogP contribution is 2.23. The summed E-state index contributed by atoms with van der Waals surface area (Å²) in [6, 6.07) is 8.48. The Kier molecular flexibility index (Phi) is 3.60. The zero-order valence-electron chi connectivity index (χ0n) is 13.0. The first kappa shape index (κ1) is 14.6. The SMILES string of the molecule is O=C(c1cc(=O)c2ccccc2o1)N1CCC(n2ccnn2)CC1. The van der Waals surface area contributed by atoms with Gasteiger partial charge in [0.2, 0.25) is 0 Å². The van der Waals surface area contributed by atoms with Gasteiger partial charge in [0.15, 0.2) is 11.2 Å². The summed E-state index contributed by atoms with van der Waals surface area (Å²) < 4.78 is 7.47. The van der Waals surface area contributed by atoms with Crippen LogP contribution in [0.5, 0.6) is 0 Å². The van der Waals surface area contributed by atoms with Crippen molar-refractivity contribution < 1.29 is 9.21 Å². The lowest BCUT2D eigenvalue weighted by Gasteiger charge is -2.31. The number of fused-ring (bicyclic) bond motifs is 1. The number of carbonyl (C=O) groups excluding carboxylic acids is 1. The second-order valence-electron chi connectivity index (χ2n) is 5.88. The standard InChI is InChI=1S/C17H16N4O3/c22-14-11-16(24-15-4-2-1-3-13(14)15)17(23)20-8-5-12(6-9-20)21-10-7-18-19-21/h1-4,7,10-12H,5-6,8-9H2. The fourth-order valence-electron chi connectivity index (χ4n) is 3.11. The first-order chi connectivity index (χ1) is 11.7. The van der Waals surface area contributed by atoms with Crippen LogP contribution in [0.1, 0.15) is 29.4 Å². The van der Waals surface area contributed by atoms with Crippen molar-refractivity contribution in [2.45, 2.75) is 18.9 Å². The minimum Gasteiger partial charge on any atom is -0.451 e. The Morgan fingerprint density at radius 2 is 2.00 bits per heavy atom. The van der Waals surface area contributed by atoms with E-state index in [1.165, 1.54) is 6.07 Å². The van der Waals surface area contributed by atoms with Crippen LogP contribution in [0.3, 0.4) is 0 Å². The second-order valence-corrected chi connectivity index (χ2v) is 5.88. The van der Waals surface area contributed by atoms with Crippen LogP contribution in [0.4, 0.5) is 0 Å². The molecule has 4 rings (SSSR count). The molecule has 0 unspecified atom stereocenters. The van der Waals surface area contributed by atoms with Gasteiger partial charge in [0, 0.05) is 25.4 Å². The summed E-state index contributed by atoms with van der Waals surface area (Å²) in [4.78, 5) is 26.5. The van der Waals surface area contributed by atoms with Crippen molar-refractivity contribution in [3.05, 3.63) is 58.7 Å². The molecular weight excluding hydrogens is 308 g/mol. The minimum atomic E-state index is -0.241. The van der Waals surface area contributed by atoms with Crippen LogP contribution in [0.25, 0.3) is 11.0 Å². The van der Waals surface area contributed by atoms with Crippen molar-refractivity contribution >= 4 is 16.9 Å². The molecule has 0 saturated carbocycles. The fourth-order valence-corrected chi connectivity index (χ4v) is 3.11. The number of carbonyl (C=O) groups is 1. The molecule has 24 heavy (non-hydrogen) atoms. The molecule has 2 aromatic heterocycles. The van der Waals surface area contributed by atoms with Crippen molar-refractivity contribution in [3.63, 3.8) is 0 Å². The average Bonchev–Trinajstić information content (AvgIpc) is 3.16. The van der Waals surface area contributed by atoms with Gasteiger partial charge in [-0.3, -0.25) is 9.59 Å². The smallest absolute Gasteiger partial charge is 0.289 e. The summed E-state index contributed by atoms with van der Waals surface area (Å²) in [6.07, 6.45) is 5.09. The van der Waals surface area contributed by atoms with Crippen LogP contribution >= 0.6 is 0 Å². The van der Waals surface area contributed by atoms with Gasteiger partial charge in [-0.1, -0.05) is 17.3 Å². The van der Waals surface area contributed by atoms with Crippen LogP contribution in [-0.4, -0.2) is 38.9 Å². The van der Waals surface area contributed by atoms with E-state index in [1.54, 1.807) is 35.4 Å². The zero-order chi connectivity index (χ0) is 16.5. The summed E-state index contributed by atoms with van der Waals surface area (Å²) >= 11 is 0. The predicted octanol–water partition coefficient (Wildman–Crippen LogP) is 1.86. The third-order valence-electron chi connectivity index (χ3n) is 4.41. The lowest BCUT2D eigenvalue weighted by molar-refractivity contribution is 0.0658. The summed E-state index contributed by atoms with van der Waals surface area (Å²) in [5.41, 5.74) is 0.239. The number of para-hydroxylation sites is 1. The Labute approximate surface area is 137 Å². The highest BCUT2D eigenvalue weighted by Gasteiger charge is 2.26. The lowest BCUT2D eigenvalue weighted by atomic mass is 10.0. The number of benzene rings is 1. The molecule has 3 aromatic rings. The molecule has 0 atom stereocenters. The first-order valence-electron chi connectivity index (χ1n) is 7.90. The molecule has 1 fully saturated rings. The third-order valence-corrected chi connectivity index (χ3v) is 4.41. The molecule has 7 nitrogen and oxygen atoms in total. The second kappa shape index (κ2) is 5.92. The molecular formula is C17H16N4O3. The van der Waals surface area contributed by atoms with Crippen molar-refractivity contribution in [2.75, 3.05) is 13.1 Å². The quantitative estimate of drug-likeness (QED) is 0.719. The van der Waals surface area contributed by atoms with Gasteiger partial charge in [0.1, 0.15) is 5.58 Å². The van der Waals surface area contributed by atoms with Crippen LogP contribution in [0, 0.1) is 0 Å². The van der Waals surface area contributed by atoms with Gasteiger partial charge in [-0.2, -0.15) is 0 Å².